The maximum atomic E-state index is 14.6. The van der Waals surface area contributed by atoms with Crippen LogP contribution in [-0.2, 0) is 0 Å². The quantitative estimate of drug-likeness (QED) is 0.500. The van der Waals surface area contributed by atoms with E-state index < -0.39 is 11.8 Å². The van der Waals surface area contributed by atoms with E-state index in [2.05, 4.69) is 20.3 Å². The second-order valence-electron chi connectivity index (χ2n) is 7.29. The lowest BCUT2D eigenvalue weighted by Crippen LogP contribution is -2.32. The highest BCUT2D eigenvalue weighted by molar-refractivity contribution is 5.90. The topological polar surface area (TPSA) is 75.4 Å². The second kappa shape index (κ2) is 7.75. The molecule has 2 amide bonds. The van der Waals surface area contributed by atoms with Crippen LogP contribution in [0.4, 0.5) is 19.3 Å². The standard InChI is InChI=1S/C22H18F2N6O/c23-16-7-6-14(26-22(31)29-9-1-2-10-29)12-15(16)17-8-11-30-19(13-25-21(30)28-17)18-4-3-5-20(24)27-18/h3-8,11-13H,1-2,9-10H2,(H,26,31). The van der Waals surface area contributed by atoms with Crippen molar-refractivity contribution in [3.63, 3.8) is 0 Å². The van der Waals surface area contributed by atoms with Crippen LogP contribution in [0.15, 0.2) is 54.9 Å². The van der Waals surface area contributed by atoms with Crippen molar-refractivity contribution in [2.24, 2.45) is 0 Å². The molecule has 0 atom stereocenters. The van der Waals surface area contributed by atoms with Crippen LogP contribution in [0.5, 0.6) is 0 Å². The first kappa shape index (κ1) is 19.1. The highest BCUT2D eigenvalue weighted by Gasteiger charge is 2.19. The van der Waals surface area contributed by atoms with Crippen molar-refractivity contribution in [2.45, 2.75) is 12.8 Å². The van der Waals surface area contributed by atoms with Gasteiger partial charge in [0.1, 0.15) is 5.82 Å². The van der Waals surface area contributed by atoms with Crippen LogP contribution in [-0.4, -0.2) is 43.4 Å². The van der Waals surface area contributed by atoms with E-state index in [0.717, 1.165) is 25.9 Å². The number of anilines is 1. The second-order valence-corrected chi connectivity index (χ2v) is 7.29. The van der Waals surface area contributed by atoms with Gasteiger partial charge >= 0.3 is 6.03 Å². The number of rotatable bonds is 3. The first-order chi connectivity index (χ1) is 15.1. The van der Waals surface area contributed by atoms with Crippen LogP contribution < -0.4 is 5.32 Å². The van der Waals surface area contributed by atoms with Gasteiger partial charge in [-0.3, -0.25) is 4.40 Å². The summed E-state index contributed by atoms with van der Waals surface area (Å²) in [5.41, 5.74) is 2.09. The van der Waals surface area contributed by atoms with Crippen molar-refractivity contribution < 1.29 is 13.6 Å². The van der Waals surface area contributed by atoms with Crippen molar-refractivity contribution in [2.75, 3.05) is 18.4 Å². The SMILES string of the molecule is O=C(Nc1ccc(F)c(-c2ccn3c(-c4cccc(F)n4)cnc3n2)c1)N1CCCC1. The average Bonchev–Trinajstić information content (AvgIpc) is 3.45. The molecule has 1 aromatic carbocycles. The lowest BCUT2D eigenvalue weighted by Gasteiger charge is -2.16. The fourth-order valence-electron chi connectivity index (χ4n) is 3.68. The van der Waals surface area contributed by atoms with E-state index in [1.165, 1.54) is 24.4 Å². The molecule has 1 aliphatic heterocycles. The number of carbonyl (C=O) groups is 1. The van der Waals surface area contributed by atoms with Gasteiger partial charge in [0.2, 0.25) is 11.7 Å². The summed E-state index contributed by atoms with van der Waals surface area (Å²) in [6.45, 7) is 1.45. The Bertz CT molecular complexity index is 1280. The van der Waals surface area contributed by atoms with Gasteiger partial charge < -0.3 is 10.2 Å². The molecule has 4 aromatic rings. The molecule has 0 bridgehead atoms. The van der Waals surface area contributed by atoms with Gasteiger partial charge in [0, 0.05) is 30.5 Å². The predicted octanol–water partition coefficient (Wildman–Crippen LogP) is 4.36. The van der Waals surface area contributed by atoms with Gasteiger partial charge in [-0.25, -0.2) is 24.1 Å². The molecule has 1 aliphatic rings. The van der Waals surface area contributed by atoms with Crippen LogP contribution in [0.25, 0.3) is 28.4 Å². The molecule has 4 heterocycles. The molecule has 0 radical (unpaired) electrons. The minimum absolute atomic E-state index is 0.195. The van der Waals surface area contributed by atoms with E-state index in [-0.39, 0.29) is 11.6 Å². The Balaban J connectivity index is 1.47. The summed E-state index contributed by atoms with van der Waals surface area (Å²) < 4.78 is 29.7. The van der Waals surface area contributed by atoms with Gasteiger partial charge in [0.25, 0.3) is 0 Å². The summed E-state index contributed by atoms with van der Waals surface area (Å²) in [5, 5.41) is 2.82. The largest absolute Gasteiger partial charge is 0.325 e. The van der Waals surface area contributed by atoms with Crippen LogP contribution >= 0.6 is 0 Å². The number of hydrogen-bond acceptors (Lipinski definition) is 4. The number of benzene rings is 1. The zero-order valence-electron chi connectivity index (χ0n) is 16.4. The molecule has 3 aromatic heterocycles. The van der Waals surface area contributed by atoms with Gasteiger partial charge in [0.15, 0.2) is 0 Å². The van der Waals surface area contributed by atoms with Crippen LogP contribution in [0.3, 0.4) is 0 Å². The lowest BCUT2D eigenvalue weighted by molar-refractivity contribution is 0.222. The maximum Gasteiger partial charge on any atom is 0.321 e. The van der Waals surface area contributed by atoms with Crippen molar-refractivity contribution in [3.8, 4) is 22.6 Å². The molecule has 7 nitrogen and oxygen atoms in total. The zero-order chi connectivity index (χ0) is 21.4. The molecule has 1 saturated heterocycles. The van der Waals surface area contributed by atoms with Crippen molar-refractivity contribution in [1.29, 1.82) is 0 Å². The van der Waals surface area contributed by atoms with E-state index in [1.54, 1.807) is 39.8 Å². The van der Waals surface area contributed by atoms with Gasteiger partial charge in [-0.2, -0.15) is 4.39 Å². The zero-order valence-corrected chi connectivity index (χ0v) is 16.4. The molecular weight excluding hydrogens is 402 g/mol. The third-order valence-electron chi connectivity index (χ3n) is 5.24. The molecule has 1 fully saturated rings. The summed E-state index contributed by atoms with van der Waals surface area (Å²) in [7, 11) is 0. The van der Waals surface area contributed by atoms with Crippen molar-refractivity contribution >= 4 is 17.5 Å². The van der Waals surface area contributed by atoms with E-state index in [1.807, 2.05) is 0 Å². The third kappa shape index (κ3) is 3.70. The van der Waals surface area contributed by atoms with E-state index in [9.17, 15) is 13.6 Å². The van der Waals surface area contributed by atoms with Crippen LogP contribution in [0.2, 0.25) is 0 Å². The van der Waals surface area contributed by atoms with Crippen LogP contribution in [0, 0.1) is 11.8 Å². The number of carbonyl (C=O) groups excluding carboxylic acids is 1. The number of hydrogen-bond donors (Lipinski definition) is 1. The number of amides is 2. The minimum atomic E-state index is -0.591. The number of fused-ring (bicyclic) bond motifs is 1. The predicted molar refractivity (Wildman–Crippen MR) is 111 cm³/mol. The number of likely N-dealkylation sites (tertiary alicyclic amines) is 1. The normalized spacial score (nSPS) is 13.7. The number of nitrogens with one attached hydrogen (secondary N) is 1. The maximum absolute atomic E-state index is 14.6. The minimum Gasteiger partial charge on any atom is -0.325 e. The highest BCUT2D eigenvalue weighted by Crippen LogP contribution is 2.27. The van der Waals surface area contributed by atoms with E-state index in [4.69, 9.17) is 0 Å². The monoisotopic (exact) mass is 420 g/mol. The Kier molecular flexibility index (Phi) is 4.78. The molecular formula is C22H18F2N6O. The van der Waals surface area contributed by atoms with Gasteiger partial charge in [-0.05, 0) is 49.2 Å². The molecule has 31 heavy (non-hydrogen) atoms. The van der Waals surface area contributed by atoms with Crippen molar-refractivity contribution in [1.82, 2.24) is 24.3 Å². The van der Waals surface area contributed by atoms with Crippen LogP contribution in [0.1, 0.15) is 12.8 Å². The van der Waals surface area contributed by atoms with Gasteiger partial charge in [0.05, 0.1) is 23.3 Å². The number of aromatic nitrogens is 4. The molecule has 0 spiro atoms. The number of urea groups is 1. The molecule has 1 N–H and O–H groups in total. The number of nitrogens with zero attached hydrogens (tertiary/aromatic N) is 5. The van der Waals surface area contributed by atoms with Crippen molar-refractivity contribution in [3.05, 3.63) is 66.6 Å². The lowest BCUT2D eigenvalue weighted by atomic mass is 10.1. The van der Waals surface area contributed by atoms with Gasteiger partial charge in [-0.15, -0.1) is 0 Å². The number of pyridine rings is 1. The highest BCUT2D eigenvalue weighted by atomic mass is 19.1. The Hall–Kier alpha value is -3.88. The molecule has 0 saturated carbocycles. The smallest absolute Gasteiger partial charge is 0.321 e. The Morgan fingerprint density at radius 3 is 2.65 bits per heavy atom. The fraction of sp³-hybridized carbons (Fsp3) is 0.182. The first-order valence-corrected chi connectivity index (χ1v) is 9.91. The van der Waals surface area contributed by atoms with E-state index >= 15 is 0 Å². The molecule has 0 aliphatic carbocycles. The average molecular weight is 420 g/mol. The number of halogens is 2. The summed E-state index contributed by atoms with van der Waals surface area (Å²) in [6, 6.07) is 10.3. The summed E-state index contributed by atoms with van der Waals surface area (Å²) >= 11 is 0. The first-order valence-electron chi connectivity index (χ1n) is 9.91. The number of imidazole rings is 1. The Morgan fingerprint density at radius 2 is 1.84 bits per heavy atom. The van der Waals surface area contributed by atoms with E-state index in [0.29, 0.717) is 28.5 Å². The third-order valence-corrected chi connectivity index (χ3v) is 5.24. The molecule has 9 heteroatoms. The molecule has 5 rings (SSSR count). The molecule has 0 unspecified atom stereocenters. The Labute approximate surface area is 176 Å². The summed E-state index contributed by atoms with van der Waals surface area (Å²) in [5.74, 6) is -0.731. The van der Waals surface area contributed by atoms with Gasteiger partial charge in [-0.1, -0.05) is 6.07 Å². The fourth-order valence-corrected chi connectivity index (χ4v) is 3.68. The summed E-state index contributed by atoms with van der Waals surface area (Å²) in [4.78, 5) is 26.6. The Morgan fingerprint density at radius 1 is 1.00 bits per heavy atom. The molecule has 156 valence electrons. The summed E-state index contributed by atoms with van der Waals surface area (Å²) in [6.07, 6.45) is 5.20.